The second-order valence-electron chi connectivity index (χ2n) is 2.83. The molecule has 0 aromatic rings. The Morgan fingerprint density at radius 1 is 1.42 bits per heavy atom. The van der Waals surface area contributed by atoms with Gasteiger partial charge in [0.05, 0.1) is 0 Å². The average Bonchev–Trinajstić information content (AvgIpc) is 2.30. The van der Waals surface area contributed by atoms with Gasteiger partial charge in [0.15, 0.2) is 5.78 Å². The van der Waals surface area contributed by atoms with Gasteiger partial charge in [-0.2, -0.15) is 15.0 Å². The van der Waals surface area contributed by atoms with E-state index in [2.05, 4.69) is 9.78 Å². The summed E-state index contributed by atoms with van der Waals surface area (Å²) in [6, 6.07) is 1.73. The Balaban J connectivity index is 2.81. The molecule has 1 aliphatic heterocycles. The van der Waals surface area contributed by atoms with Crippen LogP contribution in [-0.4, -0.2) is 17.4 Å². The van der Waals surface area contributed by atoms with Crippen molar-refractivity contribution in [1.29, 1.82) is 5.26 Å². The van der Waals surface area contributed by atoms with Crippen molar-refractivity contribution in [3.63, 3.8) is 0 Å². The first kappa shape index (κ1) is 9.13. The van der Waals surface area contributed by atoms with Crippen LogP contribution in [0, 0.1) is 11.3 Å². The van der Waals surface area contributed by atoms with Gasteiger partial charge >= 0.3 is 0 Å². The number of hydrogen-bond donors (Lipinski definition) is 0. The van der Waals surface area contributed by atoms with Crippen LogP contribution >= 0.6 is 0 Å². The van der Waals surface area contributed by atoms with Crippen molar-refractivity contribution in [3.05, 3.63) is 0 Å². The first-order valence-corrected chi connectivity index (χ1v) is 3.41. The minimum atomic E-state index is -1.49. The Bertz CT molecular complexity index is 259. The number of ketones is 1. The zero-order valence-electron chi connectivity index (χ0n) is 7.08. The van der Waals surface area contributed by atoms with Gasteiger partial charge in [0.25, 0.3) is 11.6 Å². The fraction of sp³-hybridized carbons (Fsp3) is 0.714. The zero-order valence-corrected chi connectivity index (χ0v) is 7.08. The van der Waals surface area contributed by atoms with E-state index < -0.39 is 11.6 Å². The summed E-state index contributed by atoms with van der Waals surface area (Å²) in [7, 11) is 0. The third kappa shape index (κ3) is 1.32. The molecule has 1 rings (SSSR count). The first-order valence-electron chi connectivity index (χ1n) is 3.41. The Kier molecular flexibility index (Phi) is 1.92. The predicted molar refractivity (Wildman–Crippen MR) is 36.4 cm³/mol. The number of Topliss-reactive ketones (excluding diaryl/α,β-unsaturated/α-hetero) is 1. The number of carbonyl (C=O) groups is 1. The van der Waals surface area contributed by atoms with Crippen molar-refractivity contribution in [2.45, 2.75) is 32.3 Å². The highest BCUT2D eigenvalue weighted by atomic mass is 17.3. The summed E-state index contributed by atoms with van der Waals surface area (Å²) in [6.07, 6.45) is 0. The maximum absolute atomic E-state index is 10.9. The van der Waals surface area contributed by atoms with Crippen molar-refractivity contribution in [3.8, 4) is 6.07 Å². The Labute approximate surface area is 69.7 Å². The number of rotatable bonds is 1. The van der Waals surface area contributed by atoms with Crippen LogP contribution in [0.5, 0.6) is 0 Å². The Hall–Kier alpha value is -0.960. The normalized spacial score (nSPS) is 40.8. The summed E-state index contributed by atoms with van der Waals surface area (Å²) in [5.74, 6) is -3.29. The lowest BCUT2D eigenvalue weighted by atomic mass is 10.2. The van der Waals surface area contributed by atoms with Crippen molar-refractivity contribution < 1.29 is 19.3 Å². The number of nitriles is 1. The fourth-order valence-corrected chi connectivity index (χ4v) is 0.737. The summed E-state index contributed by atoms with van der Waals surface area (Å²) in [5.41, 5.74) is 0. The van der Waals surface area contributed by atoms with E-state index in [1.54, 1.807) is 6.07 Å². The molecule has 1 fully saturated rings. The molecule has 1 aliphatic rings. The van der Waals surface area contributed by atoms with E-state index in [9.17, 15) is 4.79 Å². The minimum absolute atomic E-state index is 0.346. The molecular weight excluding hydrogens is 162 g/mol. The molecule has 0 spiro atoms. The van der Waals surface area contributed by atoms with E-state index >= 15 is 0 Å². The molecule has 12 heavy (non-hydrogen) atoms. The lowest BCUT2D eigenvalue weighted by Gasteiger charge is -2.16. The highest BCUT2D eigenvalue weighted by molar-refractivity contribution is 5.83. The van der Waals surface area contributed by atoms with Crippen LogP contribution in [0.3, 0.4) is 0 Å². The summed E-state index contributed by atoms with van der Waals surface area (Å²) < 4.78 is 4.99. The van der Waals surface area contributed by atoms with Crippen LogP contribution in [0.2, 0.25) is 0 Å². The molecule has 0 radical (unpaired) electrons. The van der Waals surface area contributed by atoms with Gasteiger partial charge in [0, 0.05) is 20.8 Å². The van der Waals surface area contributed by atoms with E-state index in [-0.39, 0.29) is 5.78 Å². The van der Waals surface area contributed by atoms with Gasteiger partial charge in [-0.3, -0.25) is 9.53 Å². The average molecular weight is 171 g/mol. The highest BCUT2D eigenvalue weighted by Crippen LogP contribution is 2.32. The molecule has 2 atom stereocenters. The van der Waals surface area contributed by atoms with E-state index in [0.717, 1.165) is 0 Å². The van der Waals surface area contributed by atoms with Crippen LogP contribution in [0.1, 0.15) is 20.8 Å². The second-order valence-corrected chi connectivity index (χ2v) is 2.83. The largest absolute Gasteiger partial charge is 0.294 e. The van der Waals surface area contributed by atoms with E-state index in [4.69, 9.17) is 10.00 Å². The van der Waals surface area contributed by atoms with E-state index in [0.29, 0.717) is 0 Å². The van der Waals surface area contributed by atoms with Gasteiger partial charge in [0.2, 0.25) is 0 Å². The molecule has 0 aliphatic carbocycles. The Morgan fingerprint density at radius 2 is 2.00 bits per heavy atom. The quantitative estimate of drug-likeness (QED) is 0.537. The van der Waals surface area contributed by atoms with Crippen LogP contribution in [0.15, 0.2) is 0 Å². The van der Waals surface area contributed by atoms with Crippen LogP contribution in [0.4, 0.5) is 0 Å². The molecule has 5 heteroatoms. The lowest BCUT2D eigenvalue weighted by Crippen LogP contribution is -2.37. The van der Waals surface area contributed by atoms with Crippen LogP contribution in [-0.2, 0) is 19.3 Å². The lowest BCUT2D eigenvalue weighted by molar-refractivity contribution is -0.325. The number of nitrogens with zero attached hydrogens (tertiary/aromatic N) is 1. The number of hydrogen-bond acceptors (Lipinski definition) is 5. The molecule has 0 amide bonds. The van der Waals surface area contributed by atoms with Gasteiger partial charge in [-0.1, -0.05) is 0 Å². The smallest absolute Gasteiger partial charge is 0.289 e. The zero-order chi connectivity index (χ0) is 9.41. The van der Waals surface area contributed by atoms with E-state index in [1.165, 1.54) is 20.8 Å². The SMILES string of the molecule is CC(=O)C1(C)OOC(C)(C#N)O1. The summed E-state index contributed by atoms with van der Waals surface area (Å²) in [5, 5.41) is 8.55. The molecular formula is C7H9NO4. The van der Waals surface area contributed by atoms with Gasteiger partial charge < -0.3 is 0 Å². The third-order valence-electron chi connectivity index (χ3n) is 1.59. The molecule has 1 saturated heterocycles. The van der Waals surface area contributed by atoms with Gasteiger partial charge in [-0.25, -0.2) is 0 Å². The van der Waals surface area contributed by atoms with E-state index in [1.807, 2.05) is 0 Å². The molecule has 0 aromatic carbocycles. The predicted octanol–water partition coefficient (Wildman–Crippen LogP) is 0.510. The topological polar surface area (TPSA) is 68.5 Å². The summed E-state index contributed by atoms with van der Waals surface area (Å²) in [4.78, 5) is 20.1. The molecule has 0 N–H and O–H groups in total. The standard InChI is InChI=1S/C7H9NO4/c1-5(9)7(3)10-6(2,4-8)11-12-7/h1-3H3. The fourth-order valence-electron chi connectivity index (χ4n) is 0.737. The van der Waals surface area contributed by atoms with Crippen molar-refractivity contribution in [1.82, 2.24) is 0 Å². The first-order chi connectivity index (χ1) is 5.42. The summed E-state index contributed by atoms with van der Waals surface area (Å²) in [6.45, 7) is 4.07. The third-order valence-corrected chi connectivity index (χ3v) is 1.59. The monoisotopic (exact) mass is 171 g/mol. The molecule has 0 bridgehead atoms. The highest BCUT2D eigenvalue weighted by Gasteiger charge is 2.51. The minimum Gasteiger partial charge on any atom is -0.294 e. The number of ether oxygens (including phenoxy) is 1. The molecule has 2 unspecified atom stereocenters. The van der Waals surface area contributed by atoms with Crippen LogP contribution < -0.4 is 0 Å². The molecule has 66 valence electrons. The second kappa shape index (κ2) is 2.52. The maximum Gasteiger partial charge on any atom is 0.289 e. The van der Waals surface area contributed by atoms with Gasteiger partial charge in [-0.15, -0.1) is 0 Å². The van der Waals surface area contributed by atoms with Crippen LogP contribution in [0.25, 0.3) is 0 Å². The Morgan fingerprint density at radius 3 is 2.25 bits per heavy atom. The van der Waals surface area contributed by atoms with Crippen molar-refractivity contribution in [2.24, 2.45) is 0 Å². The molecule has 0 aromatic heterocycles. The van der Waals surface area contributed by atoms with Crippen molar-refractivity contribution >= 4 is 5.78 Å². The van der Waals surface area contributed by atoms with Crippen molar-refractivity contribution in [2.75, 3.05) is 0 Å². The van der Waals surface area contributed by atoms with Gasteiger partial charge in [-0.05, 0) is 0 Å². The summed E-state index contributed by atoms with van der Waals surface area (Å²) >= 11 is 0. The molecule has 0 saturated carbocycles. The van der Waals surface area contributed by atoms with Gasteiger partial charge in [0.1, 0.15) is 6.07 Å². The maximum atomic E-state index is 10.9. The molecule has 5 nitrogen and oxygen atoms in total. The number of carbonyl (C=O) groups excluding carboxylic acids is 1. The molecule has 1 heterocycles.